The molecule has 0 aromatic carbocycles. The molecule has 0 aliphatic rings. The van der Waals surface area contributed by atoms with Crippen LogP contribution in [0.25, 0.3) is 0 Å². The second-order valence-corrected chi connectivity index (χ2v) is 3.64. The molecule has 96 valence electrons. The molecule has 18 heavy (non-hydrogen) atoms. The Morgan fingerprint density at radius 3 is 2.94 bits per heavy atom. The predicted molar refractivity (Wildman–Crippen MR) is 63.0 cm³/mol. The van der Waals surface area contributed by atoms with Gasteiger partial charge in [-0.1, -0.05) is 0 Å². The number of aromatic nitrogens is 5. The van der Waals surface area contributed by atoms with E-state index in [1.54, 1.807) is 22.5 Å². The van der Waals surface area contributed by atoms with Crippen molar-refractivity contribution in [1.82, 2.24) is 24.5 Å². The summed E-state index contributed by atoms with van der Waals surface area (Å²) in [6, 6.07) is 0. The Bertz CT molecular complexity index is 531. The highest BCUT2D eigenvalue weighted by Crippen LogP contribution is 2.03. The molecule has 0 aliphatic heterocycles. The summed E-state index contributed by atoms with van der Waals surface area (Å²) in [7, 11) is 0. The molecule has 0 spiro atoms. The summed E-state index contributed by atoms with van der Waals surface area (Å²) < 4.78 is 8.32. The van der Waals surface area contributed by atoms with Crippen molar-refractivity contribution in [2.24, 2.45) is 0 Å². The van der Waals surface area contributed by atoms with Gasteiger partial charge in [-0.2, -0.15) is 10.2 Å². The van der Waals surface area contributed by atoms with Crippen molar-refractivity contribution in [2.45, 2.75) is 26.9 Å². The van der Waals surface area contributed by atoms with Crippen molar-refractivity contribution in [1.29, 1.82) is 0 Å². The summed E-state index contributed by atoms with van der Waals surface area (Å²) in [5.41, 5.74) is 0.444. The fourth-order valence-electron chi connectivity index (χ4n) is 1.59. The number of carbonyl (C=O) groups excluding carboxylic acids is 1. The summed E-state index contributed by atoms with van der Waals surface area (Å²) in [5, 5.41) is 8.18. The van der Waals surface area contributed by atoms with Gasteiger partial charge in [0.1, 0.15) is 18.7 Å². The lowest BCUT2D eigenvalue weighted by Crippen LogP contribution is -2.09. The van der Waals surface area contributed by atoms with E-state index in [-0.39, 0.29) is 5.97 Å². The molecule has 0 amide bonds. The lowest BCUT2D eigenvalue weighted by atomic mass is 10.4. The van der Waals surface area contributed by atoms with Crippen molar-refractivity contribution in [3.8, 4) is 0 Å². The van der Waals surface area contributed by atoms with E-state index in [4.69, 9.17) is 4.74 Å². The van der Waals surface area contributed by atoms with Crippen molar-refractivity contribution < 1.29 is 9.53 Å². The topological polar surface area (TPSA) is 74.8 Å². The molecular formula is C11H15N5O2. The number of esters is 1. The molecule has 0 aliphatic carbocycles. The molecule has 0 N–H and O–H groups in total. The van der Waals surface area contributed by atoms with Gasteiger partial charge >= 0.3 is 5.97 Å². The molecule has 2 rings (SSSR count). The van der Waals surface area contributed by atoms with Crippen LogP contribution in [0.15, 0.2) is 18.7 Å². The number of nitrogens with zero attached hydrogens (tertiary/aromatic N) is 5. The van der Waals surface area contributed by atoms with E-state index >= 15 is 0 Å². The Balaban J connectivity index is 2.09. The zero-order valence-electron chi connectivity index (χ0n) is 10.4. The molecular weight excluding hydrogens is 234 g/mol. The third-order valence-electron chi connectivity index (χ3n) is 2.44. The van der Waals surface area contributed by atoms with Crippen LogP contribution in [0.2, 0.25) is 0 Å². The van der Waals surface area contributed by atoms with Gasteiger partial charge in [-0.05, 0) is 13.8 Å². The van der Waals surface area contributed by atoms with Crippen LogP contribution in [0.3, 0.4) is 0 Å². The average Bonchev–Trinajstić information content (AvgIpc) is 2.99. The second-order valence-electron chi connectivity index (χ2n) is 3.64. The number of carbonyl (C=O) groups is 1. The van der Waals surface area contributed by atoms with Crippen LogP contribution in [-0.2, 0) is 17.8 Å². The number of rotatable bonds is 5. The van der Waals surface area contributed by atoms with Crippen LogP contribution in [0, 0.1) is 0 Å². The Labute approximate surface area is 104 Å². The number of hydrogen-bond donors (Lipinski definition) is 0. The monoisotopic (exact) mass is 249 g/mol. The molecule has 2 heterocycles. The van der Waals surface area contributed by atoms with E-state index in [1.807, 2.05) is 6.92 Å². The van der Waals surface area contributed by atoms with Crippen LogP contribution in [-0.4, -0.2) is 37.1 Å². The van der Waals surface area contributed by atoms with E-state index in [2.05, 4.69) is 15.2 Å². The molecule has 7 heteroatoms. The number of ether oxygens (including phenoxy) is 1. The summed E-state index contributed by atoms with van der Waals surface area (Å²) in [4.78, 5) is 15.6. The number of hydrogen-bond acceptors (Lipinski definition) is 5. The minimum atomic E-state index is -0.360. The highest BCUT2D eigenvalue weighted by atomic mass is 16.5. The summed E-state index contributed by atoms with van der Waals surface area (Å²) in [6.07, 6.45) is 4.64. The number of aryl methyl sites for hydroxylation is 1. The smallest absolute Gasteiger partial charge is 0.341 e. The van der Waals surface area contributed by atoms with Crippen molar-refractivity contribution in [3.05, 3.63) is 30.1 Å². The normalized spacial score (nSPS) is 10.6. The molecule has 2 aromatic rings. The summed E-state index contributed by atoms with van der Waals surface area (Å²) in [6.45, 7) is 5.35. The Morgan fingerprint density at radius 2 is 2.22 bits per heavy atom. The van der Waals surface area contributed by atoms with Gasteiger partial charge in [0.05, 0.1) is 18.4 Å². The molecule has 0 saturated heterocycles. The van der Waals surface area contributed by atoms with E-state index in [0.29, 0.717) is 18.7 Å². The standard InChI is InChI=1S/C11H15N5O2/c1-3-16-10(12-8-14-16)7-15-6-9(5-13-15)11(17)18-4-2/h5-6,8H,3-4,7H2,1-2H3. The van der Waals surface area contributed by atoms with Gasteiger partial charge < -0.3 is 4.74 Å². The first-order valence-corrected chi connectivity index (χ1v) is 5.80. The quantitative estimate of drug-likeness (QED) is 0.730. The lowest BCUT2D eigenvalue weighted by Gasteiger charge is -2.02. The highest BCUT2D eigenvalue weighted by molar-refractivity contribution is 5.88. The third-order valence-corrected chi connectivity index (χ3v) is 2.44. The fourth-order valence-corrected chi connectivity index (χ4v) is 1.59. The molecule has 0 fully saturated rings. The molecule has 0 atom stereocenters. The molecule has 0 bridgehead atoms. The first-order valence-electron chi connectivity index (χ1n) is 5.80. The van der Waals surface area contributed by atoms with Gasteiger partial charge in [0, 0.05) is 12.7 Å². The van der Waals surface area contributed by atoms with Crippen molar-refractivity contribution in [3.63, 3.8) is 0 Å². The van der Waals surface area contributed by atoms with Gasteiger partial charge in [-0.25, -0.2) is 14.5 Å². The first-order chi connectivity index (χ1) is 8.74. The minimum absolute atomic E-state index is 0.355. The molecule has 0 unspecified atom stereocenters. The predicted octanol–water partition coefficient (Wildman–Crippen LogP) is 0.719. The maximum absolute atomic E-state index is 11.5. The minimum Gasteiger partial charge on any atom is -0.462 e. The molecule has 2 aromatic heterocycles. The zero-order chi connectivity index (χ0) is 13.0. The van der Waals surface area contributed by atoms with Crippen LogP contribution in [0.4, 0.5) is 0 Å². The van der Waals surface area contributed by atoms with E-state index in [0.717, 1.165) is 12.4 Å². The van der Waals surface area contributed by atoms with Crippen LogP contribution in [0.5, 0.6) is 0 Å². The summed E-state index contributed by atoms with van der Waals surface area (Å²) in [5.74, 6) is 0.441. The Morgan fingerprint density at radius 1 is 1.39 bits per heavy atom. The van der Waals surface area contributed by atoms with Crippen LogP contribution < -0.4 is 0 Å². The van der Waals surface area contributed by atoms with Crippen molar-refractivity contribution >= 4 is 5.97 Å². The van der Waals surface area contributed by atoms with Gasteiger partial charge in [-0.15, -0.1) is 0 Å². The van der Waals surface area contributed by atoms with Crippen LogP contribution in [0.1, 0.15) is 30.0 Å². The lowest BCUT2D eigenvalue weighted by molar-refractivity contribution is 0.0526. The maximum atomic E-state index is 11.5. The largest absolute Gasteiger partial charge is 0.462 e. The van der Waals surface area contributed by atoms with Crippen LogP contribution >= 0.6 is 0 Å². The summed E-state index contributed by atoms with van der Waals surface area (Å²) >= 11 is 0. The van der Waals surface area contributed by atoms with Gasteiger partial charge in [0.15, 0.2) is 0 Å². The Kier molecular flexibility index (Phi) is 3.71. The van der Waals surface area contributed by atoms with E-state index in [9.17, 15) is 4.79 Å². The highest BCUT2D eigenvalue weighted by Gasteiger charge is 2.10. The molecule has 7 nitrogen and oxygen atoms in total. The van der Waals surface area contributed by atoms with E-state index < -0.39 is 0 Å². The second kappa shape index (κ2) is 5.44. The maximum Gasteiger partial charge on any atom is 0.341 e. The van der Waals surface area contributed by atoms with Gasteiger partial charge in [0.25, 0.3) is 0 Å². The van der Waals surface area contributed by atoms with E-state index in [1.165, 1.54) is 12.5 Å². The van der Waals surface area contributed by atoms with Gasteiger partial charge in [-0.3, -0.25) is 4.68 Å². The first kappa shape index (κ1) is 12.3. The van der Waals surface area contributed by atoms with Crippen molar-refractivity contribution in [2.75, 3.05) is 6.61 Å². The zero-order valence-corrected chi connectivity index (χ0v) is 10.4. The Hall–Kier alpha value is -2.18. The SMILES string of the molecule is CCOC(=O)c1cnn(Cc2ncnn2CC)c1. The third kappa shape index (κ3) is 2.55. The van der Waals surface area contributed by atoms with Gasteiger partial charge in [0.2, 0.25) is 0 Å². The molecule has 0 saturated carbocycles. The molecule has 0 radical (unpaired) electrons. The average molecular weight is 249 g/mol. The fraction of sp³-hybridized carbons (Fsp3) is 0.455.